The fourth-order valence-electron chi connectivity index (χ4n) is 1.89. The summed E-state index contributed by atoms with van der Waals surface area (Å²) < 4.78 is 7.02. The molecule has 0 aliphatic rings. The van der Waals surface area contributed by atoms with Crippen molar-refractivity contribution in [2.24, 2.45) is 0 Å². The van der Waals surface area contributed by atoms with Crippen molar-refractivity contribution in [3.63, 3.8) is 0 Å². The van der Waals surface area contributed by atoms with Crippen LogP contribution in [0.4, 0.5) is 0 Å². The molecule has 20 heavy (non-hydrogen) atoms. The summed E-state index contributed by atoms with van der Waals surface area (Å²) in [6.45, 7) is 1.47. The topological polar surface area (TPSA) is 76.3 Å². The highest BCUT2D eigenvalue weighted by atomic mass is 16.5. The molecule has 0 radical (unpaired) electrons. The Hall–Kier alpha value is -1.99. The Kier molecular flexibility index (Phi) is 4.65. The second-order valence-electron chi connectivity index (χ2n) is 4.66. The van der Waals surface area contributed by atoms with E-state index in [1.54, 1.807) is 30.3 Å². The van der Waals surface area contributed by atoms with E-state index in [0.29, 0.717) is 23.7 Å². The molecule has 7 nitrogen and oxygen atoms in total. The number of nitrogens with zero attached hydrogens (tertiary/aromatic N) is 5. The Bertz CT molecular complexity index is 541. The summed E-state index contributed by atoms with van der Waals surface area (Å²) >= 11 is 0. The Morgan fingerprint density at radius 3 is 2.85 bits per heavy atom. The van der Waals surface area contributed by atoms with Gasteiger partial charge in [-0.1, -0.05) is 0 Å². The van der Waals surface area contributed by atoms with E-state index in [2.05, 4.69) is 20.0 Å². The molecule has 2 aromatic rings. The lowest BCUT2D eigenvalue weighted by Gasteiger charge is -2.16. The molecule has 1 unspecified atom stereocenters. The number of ether oxygens (including phenoxy) is 1. The number of rotatable bonds is 6. The highest BCUT2D eigenvalue weighted by Gasteiger charge is 2.22. The third-order valence-corrected chi connectivity index (χ3v) is 2.97. The molecule has 108 valence electrons. The second kappa shape index (κ2) is 6.44. The van der Waals surface area contributed by atoms with Gasteiger partial charge in [0, 0.05) is 12.7 Å². The molecule has 0 amide bonds. The van der Waals surface area contributed by atoms with E-state index in [1.807, 2.05) is 14.1 Å². The van der Waals surface area contributed by atoms with Crippen LogP contribution in [0.5, 0.6) is 5.75 Å². The molecular weight excluding hydrogens is 258 g/mol. The van der Waals surface area contributed by atoms with Crippen LogP contribution in [0.2, 0.25) is 0 Å². The lowest BCUT2D eigenvalue weighted by Crippen LogP contribution is -2.21. The monoisotopic (exact) mass is 277 g/mol. The molecule has 0 fully saturated rings. The van der Waals surface area contributed by atoms with E-state index in [0.717, 1.165) is 6.54 Å². The Labute approximate surface area is 117 Å². The molecule has 0 spiro atoms. The zero-order chi connectivity index (χ0) is 14.5. The van der Waals surface area contributed by atoms with Crippen LogP contribution < -0.4 is 4.74 Å². The van der Waals surface area contributed by atoms with Crippen LogP contribution in [0.25, 0.3) is 0 Å². The number of aromatic nitrogens is 4. The van der Waals surface area contributed by atoms with Crippen LogP contribution >= 0.6 is 0 Å². The maximum atomic E-state index is 10.5. The summed E-state index contributed by atoms with van der Waals surface area (Å²) in [5.74, 6) is 0.551. The van der Waals surface area contributed by atoms with Gasteiger partial charge in [-0.3, -0.25) is 4.68 Å². The van der Waals surface area contributed by atoms with Crippen molar-refractivity contribution in [1.29, 1.82) is 0 Å². The first kappa shape index (κ1) is 14.4. The van der Waals surface area contributed by atoms with Crippen molar-refractivity contribution in [2.45, 2.75) is 12.6 Å². The minimum absolute atomic E-state index is 0.518. The van der Waals surface area contributed by atoms with Crippen LogP contribution in [-0.4, -0.2) is 57.5 Å². The molecular formula is C13H19N5O2. The lowest BCUT2D eigenvalue weighted by atomic mass is 10.1. The van der Waals surface area contributed by atoms with Crippen molar-refractivity contribution >= 4 is 0 Å². The van der Waals surface area contributed by atoms with Gasteiger partial charge in [-0.2, -0.15) is 5.10 Å². The largest absolute Gasteiger partial charge is 0.493 e. The van der Waals surface area contributed by atoms with E-state index in [-0.39, 0.29) is 0 Å². The number of hydrogen-bond donors (Lipinski definition) is 1. The lowest BCUT2D eigenvalue weighted by molar-refractivity contribution is 0.195. The van der Waals surface area contributed by atoms with E-state index in [1.165, 1.54) is 6.33 Å². The van der Waals surface area contributed by atoms with Crippen LogP contribution in [-0.2, 0) is 6.54 Å². The van der Waals surface area contributed by atoms with Crippen molar-refractivity contribution < 1.29 is 9.84 Å². The molecule has 0 bridgehead atoms. The number of likely N-dealkylation sites (N-methyl/N-ethyl adjacent to an activating group) is 1. The molecule has 0 aromatic carbocycles. The number of hydrogen-bond acceptors (Lipinski definition) is 6. The SMILES string of the molecule is COc1cnn(CCN(C)C)c1C(O)c1ccncn1. The molecule has 1 N–H and O–H groups in total. The predicted molar refractivity (Wildman–Crippen MR) is 73.4 cm³/mol. The van der Waals surface area contributed by atoms with Gasteiger partial charge in [0.25, 0.3) is 0 Å². The summed E-state index contributed by atoms with van der Waals surface area (Å²) in [5.41, 5.74) is 1.12. The normalized spacial score (nSPS) is 12.7. The minimum Gasteiger partial charge on any atom is -0.493 e. The molecule has 0 saturated heterocycles. The van der Waals surface area contributed by atoms with E-state index in [4.69, 9.17) is 4.74 Å². The number of aliphatic hydroxyl groups is 1. The minimum atomic E-state index is -0.891. The zero-order valence-corrected chi connectivity index (χ0v) is 11.9. The van der Waals surface area contributed by atoms with Gasteiger partial charge in [-0.25, -0.2) is 9.97 Å². The number of methoxy groups -OCH3 is 1. The molecule has 2 rings (SSSR count). The molecule has 0 aliphatic heterocycles. The van der Waals surface area contributed by atoms with Gasteiger partial charge in [0.2, 0.25) is 0 Å². The van der Waals surface area contributed by atoms with Gasteiger partial charge < -0.3 is 14.7 Å². The van der Waals surface area contributed by atoms with Crippen molar-refractivity contribution in [2.75, 3.05) is 27.7 Å². The summed E-state index contributed by atoms with van der Waals surface area (Å²) in [5, 5.41) is 14.8. The summed E-state index contributed by atoms with van der Waals surface area (Å²) in [7, 11) is 5.53. The average Bonchev–Trinajstić information content (AvgIpc) is 2.88. The fourth-order valence-corrected chi connectivity index (χ4v) is 1.89. The Balaban J connectivity index is 2.30. The Morgan fingerprint density at radius 1 is 1.45 bits per heavy atom. The van der Waals surface area contributed by atoms with Gasteiger partial charge in [0.1, 0.15) is 18.1 Å². The van der Waals surface area contributed by atoms with Gasteiger partial charge in [-0.15, -0.1) is 0 Å². The predicted octanol–water partition coefficient (Wildman–Crippen LogP) is 0.325. The smallest absolute Gasteiger partial charge is 0.163 e. The van der Waals surface area contributed by atoms with E-state index >= 15 is 0 Å². The molecule has 0 aliphatic carbocycles. The maximum absolute atomic E-state index is 10.5. The van der Waals surface area contributed by atoms with Crippen LogP contribution in [0.3, 0.4) is 0 Å². The third-order valence-electron chi connectivity index (χ3n) is 2.97. The standard InChI is InChI=1S/C13H19N5O2/c1-17(2)6-7-18-12(11(20-3)8-16-18)13(19)10-4-5-14-9-15-10/h4-5,8-9,13,19H,6-7H2,1-3H3. The highest BCUT2D eigenvalue weighted by Crippen LogP contribution is 2.28. The summed E-state index contributed by atoms with van der Waals surface area (Å²) in [4.78, 5) is 9.98. The van der Waals surface area contributed by atoms with Crippen molar-refractivity contribution in [1.82, 2.24) is 24.6 Å². The van der Waals surface area contributed by atoms with Gasteiger partial charge >= 0.3 is 0 Å². The molecule has 1 atom stereocenters. The van der Waals surface area contributed by atoms with E-state index in [9.17, 15) is 5.11 Å². The maximum Gasteiger partial charge on any atom is 0.163 e. The first-order chi connectivity index (χ1) is 9.63. The van der Waals surface area contributed by atoms with Crippen LogP contribution in [0.1, 0.15) is 17.5 Å². The third kappa shape index (κ3) is 3.12. The van der Waals surface area contributed by atoms with Gasteiger partial charge in [0.15, 0.2) is 5.75 Å². The summed E-state index contributed by atoms with van der Waals surface area (Å²) in [6.07, 6.45) is 3.72. The fraction of sp³-hybridized carbons (Fsp3) is 0.462. The van der Waals surface area contributed by atoms with Crippen molar-refractivity contribution in [3.8, 4) is 5.75 Å². The quantitative estimate of drug-likeness (QED) is 0.819. The zero-order valence-electron chi connectivity index (χ0n) is 11.9. The molecule has 2 heterocycles. The average molecular weight is 277 g/mol. The van der Waals surface area contributed by atoms with Crippen LogP contribution in [0, 0.1) is 0 Å². The van der Waals surface area contributed by atoms with Crippen molar-refractivity contribution in [3.05, 3.63) is 36.2 Å². The first-order valence-electron chi connectivity index (χ1n) is 6.32. The van der Waals surface area contributed by atoms with Crippen LogP contribution in [0.15, 0.2) is 24.8 Å². The van der Waals surface area contributed by atoms with Gasteiger partial charge in [0.05, 0.1) is 25.5 Å². The molecule has 2 aromatic heterocycles. The molecule has 0 saturated carbocycles. The van der Waals surface area contributed by atoms with Gasteiger partial charge in [-0.05, 0) is 20.2 Å². The Morgan fingerprint density at radius 2 is 2.25 bits per heavy atom. The second-order valence-corrected chi connectivity index (χ2v) is 4.66. The number of aliphatic hydroxyl groups excluding tert-OH is 1. The first-order valence-corrected chi connectivity index (χ1v) is 6.32. The molecule has 7 heteroatoms. The summed E-state index contributed by atoms with van der Waals surface area (Å²) in [6, 6.07) is 1.67. The highest BCUT2D eigenvalue weighted by molar-refractivity contribution is 5.31. The van der Waals surface area contributed by atoms with E-state index < -0.39 is 6.10 Å².